The van der Waals surface area contributed by atoms with E-state index in [0.717, 1.165) is 0 Å². The standard InChI is InChI=1S/C7H8.CH5N/c1-7-5-3-2-4-6-7;1-2/h2-6H,1H3;2H2,1H3. The highest BCUT2D eigenvalue weighted by Crippen LogP contribution is 1.92. The van der Waals surface area contributed by atoms with Crippen molar-refractivity contribution in [1.82, 2.24) is 0 Å². The molecule has 1 aromatic rings. The Balaban J connectivity index is 0.000000291. The number of rotatable bonds is 0. The van der Waals surface area contributed by atoms with E-state index in [2.05, 4.69) is 24.8 Å². The van der Waals surface area contributed by atoms with E-state index in [1.165, 1.54) is 12.6 Å². The molecule has 0 aromatic heterocycles. The zero-order chi connectivity index (χ0) is 7.11. The minimum atomic E-state index is 1.32. The maximum atomic E-state index is 4.50. The zero-order valence-electron chi connectivity index (χ0n) is 5.96. The number of nitrogens with two attached hydrogens (primary N) is 1. The van der Waals surface area contributed by atoms with E-state index in [4.69, 9.17) is 0 Å². The summed E-state index contributed by atoms with van der Waals surface area (Å²) in [4.78, 5) is 0. The van der Waals surface area contributed by atoms with Gasteiger partial charge in [0.05, 0.1) is 0 Å². The van der Waals surface area contributed by atoms with Crippen molar-refractivity contribution in [2.45, 2.75) is 6.92 Å². The van der Waals surface area contributed by atoms with Crippen molar-refractivity contribution in [2.24, 2.45) is 5.73 Å². The molecule has 50 valence electrons. The summed E-state index contributed by atoms with van der Waals surface area (Å²) in [6, 6.07) is 10.3. The number of hydrogen-bond donors (Lipinski definition) is 1. The lowest BCUT2D eigenvalue weighted by Crippen LogP contribution is -1.69. The predicted octanol–water partition coefficient (Wildman–Crippen LogP) is 1.57. The van der Waals surface area contributed by atoms with Crippen molar-refractivity contribution < 1.29 is 0 Å². The van der Waals surface area contributed by atoms with E-state index >= 15 is 0 Å². The van der Waals surface area contributed by atoms with Crippen LogP contribution in [0.5, 0.6) is 0 Å². The molecule has 0 unspecified atom stereocenters. The van der Waals surface area contributed by atoms with Crippen molar-refractivity contribution in [1.29, 1.82) is 0 Å². The molecule has 0 fully saturated rings. The fourth-order valence-corrected chi connectivity index (χ4v) is 0.534. The fraction of sp³-hybridized carbons (Fsp3) is 0.250. The van der Waals surface area contributed by atoms with Crippen LogP contribution in [-0.2, 0) is 0 Å². The average molecular weight is 123 g/mol. The highest BCUT2D eigenvalue weighted by molar-refractivity contribution is 5.11. The van der Waals surface area contributed by atoms with Gasteiger partial charge in [0, 0.05) is 0 Å². The lowest BCUT2D eigenvalue weighted by atomic mass is 10.2. The van der Waals surface area contributed by atoms with Crippen molar-refractivity contribution >= 4 is 0 Å². The van der Waals surface area contributed by atoms with Crippen molar-refractivity contribution in [3.63, 3.8) is 0 Å². The van der Waals surface area contributed by atoms with Gasteiger partial charge in [0.15, 0.2) is 0 Å². The maximum Gasteiger partial charge on any atom is -0.0195 e. The molecular weight excluding hydrogens is 110 g/mol. The fourth-order valence-electron chi connectivity index (χ4n) is 0.534. The third-order valence-electron chi connectivity index (χ3n) is 0.940. The first kappa shape index (κ1) is 8.18. The van der Waals surface area contributed by atoms with E-state index in [1.807, 2.05) is 18.2 Å². The van der Waals surface area contributed by atoms with E-state index in [0.29, 0.717) is 0 Å². The van der Waals surface area contributed by atoms with Crippen LogP contribution in [0.1, 0.15) is 5.56 Å². The molecule has 2 N–H and O–H groups in total. The van der Waals surface area contributed by atoms with Crippen LogP contribution in [-0.4, -0.2) is 7.05 Å². The minimum Gasteiger partial charge on any atom is -0.333 e. The van der Waals surface area contributed by atoms with E-state index in [9.17, 15) is 0 Å². The highest BCUT2D eigenvalue weighted by Gasteiger charge is 1.72. The van der Waals surface area contributed by atoms with Gasteiger partial charge >= 0.3 is 0 Å². The van der Waals surface area contributed by atoms with Crippen molar-refractivity contribution in [2.75, 3.05) is 7.05 Å². The Morgan fingerprint density at radius 1 is 1.00 bits per heavy atom. The van der Waals surface area contributed by atoms with Gasteiger partial charge in [0.1, 0.15) is 0 Å². The average Bonchev–Trinajstić information content (AvgIpc) is 1.94. The molecule has 0 radical (unpaired) electrons. The third-order valence-corrected chi connectivity index (χ3v) is 0.940. The predicted molar refractivity (Wildman–Crippen MR) is 41.3 cm³/mol. The van der Waals surface area contributed by atoms with Crippen LogP contribution in [0.4, 0.5) is 0 Å². The van der Waals surface area contributed by atoms with Gasteiger partial charge in [0.25, 0.3) is 0 Å². The molecule has 0 bridgehead atoms. The Morgan fingerprint density at radius 2 is 1.44 bits per heavy atom. The van der Waals surface area contributed by atoms with Gasteiger partial charge in [0.2, 0.25) is 0 Å². The Bertz CT molecular complexity index is 134. The largest absolute Gasteiger partial charge is 0.333 e. The number of benzene rings is 1. The molecule has 0 aliphatic rings. The van der Waals surface area contributed by atoms with Crippen LogP contribution in [0, 0.1) is 6.92 Å². The molecule has 0 aliphatic heterocycles. The van der Waals surface area contributed by atoms with E-state index in [1.54, 1.807) is 0 Å². The van der Waals surface area contributed by atoms with Crippen molar-refractivity contribution in [3.05, 3.63) is 35.9 Å². The molecule has 0 aliphatic carbocycles. The molecule has 0 saturated heterocycles. The van der Waals surface area contributed by atoms with Crippen molar-refractivity contribution in [3.8, 4) is 0 Å². The second-order valence-electron chi connectivity index (χ2n) is 1.65. The van der Waals surface area contributed by atoms with E-state index in [-0.39, 0.29) is 0 Å². The minimum absolute atomic E-state index is 1.32. The molecule has 1 heteroatoms. The third kappa shape index (κ3) is 3.74. The van der Waals surface area contributed by atoms with Crippen LogP contribution >= 0.6 is 0 Å². The first-order valence-electron chi connectivity index (χ1n) is 2.99. The van der Waals surface area contributed by atoms with Gasteiger partial charge in [-0.3, -0.25) is 0 Å². The van der Waals surface area contributed by atoms with Gasteiger partial charge in [-0.15, -0.1) is 0 Å². The SMILES string of the molecule is CN.Cc1ccccc1. The van der Waals surface area contributed by atoms with Gasteiger partial charge in [-0.25, -0.2) is 0 Å². The zero-order valence-corrected chi connectivity index (χ0v) is 5.96. The summed E-state index contributed by atoms with van der Waals surface area (Å²) in [7, 11) is 1.50. The van der Waals surface area contributed by atoms with Gasteiger partial charge < -0.3 is 5.73 Å². The summed E-state index contributed by atoms with van der Waals surface area (Å²) in [5, 5.41) is 0. The molecule has 1 aromatic carbocycles. The molecule has 0 atom stereocenters. The smallest absolute Gasteiger partial charge is 0.0195 e. The Labute approximate surface area is 56.5 Å². The lowest BCUT2D eigenvalue weighted by Gasteiger charge is -1.82. The second kappa shape index (κ2) is 5.32. The molecular formula is C8H13N. The maximum absolute atomic E-state index is 4.50. The van der Waals surface area contributed by atoms with Crippen LogP contribution < -0.4 is 5.73 Å². The summed E-state index contributed by atoms with van der Waals surface area (Å²) in [5.41, 5.74) is 5.82. The van der Waals surface area contributed by atoms with E-state index < -0.39 is 0 Å². The summed E-state index contributed by atoms with van der Waals surface area (Å²) in [6.07, 6.45) is 0. The molecule has 0 amide bonds. The van der Waals surface area contributed by atoms with Gasteiger partial charge in [-0.05, 0) is 14.0 Å². The van der Waals surface area contributed by atoms with Crippen LogP contribution in [0.25, 0.3) is 0 Å². The summed E-state index contributed by atoms with van der Waals surface area (Å²) in [6.45, 7) is 2.08. The second-order valence-corrected chi connectivity index (χ2v) is 1.65. The Morgan fingerprint density at radius 3 is 1.67 bits per heavy atom. The molecule has 1 nitrogen and oxygen atoms in total. The van der Waals surface area contributed by atoms with Gasteiger partial charge in [-0.1, -0.05) is 35.9 Å². The van der Waals surface area contributed by atoms with Gasteiger partial charge in [-0.2, -0.15) is 0 Å². The lowest BCUT2D eigenvalue weighted by molar-refractivity contribution is 1.48. The molecule has 0 spiro atoms. The topological polar surface area (TPSA) is 26.0 Å². The highest BCUT2D eigenvalue weighted by atomic mass is 14.4. The summed E-state index contributed by atoms with van der Waals surface area (Å²) < 4.78 is 0. The molecule has 0 saturated carbocycles. The molecule has 0 heterocycles. The Kier molecular flexibility index (Phi) is 4.83. The molecule has 1 rings (SSSR count). The van der Waals surface area contributed by atoms with Crippen LogP contribution in [0.15, 0.2) is 30.3 Å². The number of aryl methyl sites for hydroxylation is 1. The summed E-state index contributed by atoms with van der Waals surface area (Å²) in [5.74, 6) is 0. The first-order chi connectivity index (χ1) is 4.39. The first-order valence-corrected chi connectivity index (χ1v) is 2.99. The quantitative estimate of drug-likeness (QED) is 0.556. The molecule has 9 heavy (non-hydrogen) atoms. The van der Waals surface area contributed by atoms with Crippen LogP contribution in [0.2, 0.25) is 0 Å². The number of hydrogen-bond acceptors (Lipinski definition) is 1. The normalized spacial score (nSPS) is 7.44. The Hall–Kier alpha value is -0.820. The van der Waals surface area contributed by atoms with Crippen LogP contribution in [0.3, 0.4) is 0 Å². The monoisotopic (exact) mass is 123 g/mol. The summed E-state index contributed by atoms with van der Waals surface area (Å²) >= 11 is 0.